The standard InChI is InChI=1S/C22H37N.C6H12O/c1-2-15-11-12-19(17-8-4-3-7-16(15)17)20-13-14-22(23)21-10-6-5-9-18(20)21;7-6-4-2-1-3-5-6/h2,15-22H,1,3-14,23H2;6-7H,1-5H2. The largest absolute Gasteiger partial charge is 0.393 e. The molecule has 0 amide bonds. The van der Waals surface area contributed by atoms with Crippen LogP contribution in [0.1, 0.15) is 109 Å². The van der Waals surface area contributed by atoms with E-state index in [1.54, 1.807) is 0 Å². The molecule has 8 unspecified atom stereocenters. The predicted octanol–water partition coefficient (Wildman–Crippen LogP) is 6.86. The minimum Gasteiger partial charge on any atom is -0.393 e. The van der Waals surface area contributed by atoms with E-state index in [9.17, 15) is 0 Å². The van der Waals surface area contributed by atoms with Gasteiger partial charge in [-0.3, -0.25) is 0 Å². The van der Waals surface area contributed by atoms with Crippen molar-refractivity contribution in [2.45, 2.75) is 121 Å². The highest BCUT2D eigenvalue weighted by molar-refractivity contribution is 5.01. The van der Waals surface area contributed by atoms with Crippen molar-refractivity contribution < 1.29 is 5.11 Å². The topological polar surface area (TPSA) is 46.2 Å². The first-order chi connectivity index (χ1) is 14.7. The quantitative estimate of drug-likeness (QED) is 0.484. The third kappa shape index (κ3) is 5.17. The van der Waals surface area contributed by atoms with E-state index in [4.69, 9.17) is 10.8 Å². The van der Waals surface area contributed by atoms with Crippen LogP contribution in [0.15, 0.2) is 12.7 Å². The lowest BCUT2D eigenvalue weighted by molar-refractivity contribution is -0.0274. The molecular weight excluding hydrogens is 366 g/mol. The molecule has 172 valence electrons. The van der Waals surface area contributed by atoms with Gasteiger partial charge in [0, 0.05) is 6.04 Å². The summed E-state index contributed by atoms with van der Waals surface area (Å²) in [7, 11) is 0. The molecule has 0 bridgehead atoms. The number of rotatable bonds is 2. The van der Waals surface area contributed by atoms with Crippen molar-refractivity contribution >= 4 is 0 Å². The van der Waals surface area contributed by atoms with Crippen LogP contribution in [0.2, 0.25) is 0 Å². The molecule has 5 aliphatic carbocycles. The smallest absolute Gasteiger partial charge is 0.0540 e. The molecule has 0 radical (unpaired) electrons. The van der Waals surface area contributed by atoms with Gasteiger partial charge in [0.2, 0.25) is 0 Å². The van der Waals surface area contributed by atoms with Crippen molar-refractivity contribution in [3.05, 3.63) is 12.7 Å². The van der Waals surface area contributed by atoms with E-state index >= 15 is 0 Å². The van der Waals surface area contributed by atoms with Crippen LogP contribution in [-0.2, 0) is 0 Å². The summed E-state index contributed by atoms with van der Waals surface area (Å²) in [4.78, 5) is 0. The summed E-state index contributed by atoms with van der Waals surface area (Å²) in [5.41, 5.74) is 6.54. The molecule has 5 saturated carbocycles. The monoisotopic (exact) mass is 415 g/mol. The summed E-state index contributed by atoms with van der Waals surface area (Å²) in [6, 6.07) is 0.517. The van der Waals surface area contributed by atoms with Crippen LogP contribution in [0.5, 0.6) is 0 Å². The molecule has 0 saturated heterocycles. The molecule has 0 spiro atoms. The number of fused-ring (bicyclic) bond motifs is 2. The summed E-state index contributed by atoms with van der Waals surface area (Å²) >= 11 is 0. The number of nitrogens with two attached hydrogens (primary N) is 1. The van der Waals surface area contributed by atoms with Crippen LogP contribution in [0.4, 0.5) is 0 Å². The number of aliphatic hydroxyl groups excluding tert-OH is 1. The molecule has 30 heavy (non-hydrogen) atoms. The molecule has 5 fully saturated rings. The van der Waals surface area contributed by atoms with Gasteiger partial charge in [-0.25, -0.2) is 0 Å². The Hall–Kier alpha value is -0.340. The summed E-state index contributed by atoms with van der Waals surface area (Å²) in [6.07, 6.45) is 25.7. The average molecular weight is 416 g/mol. The number of allylic oxidation sites excluding steroid dienone is 1. The van der Waals surface area contributed by atoms with Gasteiger partial charge >= 0.3 is 0 Å². The van der Waals surface area contributed by atoms with Gasteiger partial charge in [0.15, 0.2) is 0 Å². The highest BCUT2D eigenvalue weighted by Gasteiger charge is 2.48. The first-order valence-electron chi connectivity index (χ1n) is 13.7. The van der Waals surface area contributed by atoms with Crippen molar-refractivity contribution in [1.29, 1.82) is 0 Å². The Kier molecular flexibility index (Phi) is 8.37. The lowest BCUT2D eigenvalue weighted by Crippen LogP contribution is -2.49. The molecule has 3 N–H and O–H groups in total. The number of aliphatic hydroxyl groups is 1. The highest BCUT2D eigenvalue weighted by Crippen LogP contribution is 2.55. The Morgan fingerprint density at radius 2 is 1.00 bits per heavy atom. The molecule has 8 atom stereocenters. The molecule has 0 aromatic heterocycles. The molecule has 0 heterocycles. The Labute approximate surface area is 186 Å². The normalized spacial score (nSPS) is 44.7. The maximum Gasteiger partial charge on any atom is 0.0540 e. The summed E-state index contributed by atoms with van der Waals surface area (Å²) in [6.45, 7) is 4.17. The minimum atomic E-state index is 0.0359. The van der Waals surface area contributed by atoms with E-state index in [0.29, 0.717) is 6.04 Å². The average Bonchev–Trinajstić information content (AvgIpc) is 2.80. The third-order valence-corrected chi connectivity index (χ3v) is 10.0. The van der Waals surface area contributed by atoms with Crippen LogP contribution < -0.4 is 5.73 Å². The molecule has 0 aromatic rings. The van der Waals surface area contributed by atoms with Crippen molar-refractivity contribution in [2.75, 3.05) is 0 Å². The van der Waals surface area contributed by atoms with Crippen molar-refractivity contribution in [3.63, 3.8) is 0 Å². The maximum absolute atomic E-state index is 8.91. The van der Waals surface area contributed by atoms with E-state index < -0.39 is 0 Å². The fraction of sp³-hybridized carbons (Fsp3) is 0.929. The van der Waals surface area contributed by atoms with Crippen LogP contribution in [0, 0.1) is 41.4 Å². The molecule has 2 nitrogen and oxygen atoms in total. The summed E-state index contributed by atoms with van der Waals surface area (Å²) in [5, 5.41) is 8.91. The fourth-order valence-corrected chi connectivity index (χ4v) is 8.57. The highest BCUT2D eigenvalue weighted by atomic mass is 16.3. The van der Waals surface area contributed by atoms with Gasteiger partial charge in [0.25, 0.3) is 0 Å². The van der Waals surface area contributed by atoms with Crippen LogP contribution in [-0.4, -0.2) is 17.3 Å². The zero-order chi connectivity index (χ0) is 20.9. The Morgan fingerprint density at radius 3 is 1.57 bits per heavy atom. The first-order valence-corrected chi connectivity index (χ1v) is 13.7. The second-order valence-corrected chi connectivity index (χ2v) is 11.6. The molecule has 2 heteroatoms. The lowest BCUT2D eigenvalue weighted by atomic mass is 9.52. The molecule has 0 aliphatic heterocycles. The fourth-order valence-electron chi connectivity index (χ4n) is 8.57. The zero-order valence-corrected chi connectivity index (χ0v) is 19.5. The second-order valence-electron chi connectivity index (χ2n) is 11.6. The van der Waals surface area contributed by atoms with E-state index in [1.165, 1.54) is 96.3 Å². The molecule has 5 aliphatic rings. The molecule has 0 aromatic carbocycles. The van der Waals surface area contributed by atoms with Gasteiger partial charge in [0.1, 0.15) is 0 Å². The number of hydrogen-bond donors (Lipinski definition) is 2. The summed E-state index contributed by atoms with van der Waals surface area (Å²) < 4.78 is 0. The van der Waals surface area contributed by atoms with Gasteiger partial charge in [0.05, 0.1) is 6.10 Å². The Morgan fingerprint density at radius 1 is 0.533 bits per heavy atom. The first kappa shape index (κ1) is 22.8. The van der Waals surface area contributed by atoms with Gasteiger partial charge < -0.3 is 10.8 Å². The number of hydrogen-bond acceptors (Lipinski definition) is 2. The van der Waals surface area contributed by atoms with Gasteiger partial charge in [-0.2, -0.15) is 0 Å². The Balaban J connectivity index is 0.000000265. The lowest BCUT2D eigenvalue weighted by Gasteiger charge is -2.54. The van der Waals surface area contributed by atoms with E-state index in [0.717, 1.165) is 54.3 Å². The second kappa shape index (κ2) is 11.0. The zero-order valence-electron chi connectivity index (χ0n) is 19.5. The van der Waals surface area contributed by atoms with Crippen LogP contribution in [0.25, 0.3) is 0 Å². The minimum absolute atomic E-state index is 0.0359. The van der Waals surface area contributed by atoms with Crippen LogP contribution >= 0.6 is 0 Å². The molecule has 5 rings (SSSR count). The summed E-state index contributed by atoms with van der Waals surface area (Å²) in [5.74, 6) is 6.68. The Bertz CT molecular complexity index is 527. The van der Waals surface area contributed by atoms with Gasteiger partial charge in [-0.05, 0) is 106 Å². The SMILES string of the molecule is C=CC1CCC(C2CCC(N)C3CCCCC32)C2CCCCC12.OC1CCCCC1. The van der Waals surface area contributed by atoms with E-state index in [2.05, 4.69) is 12.7 Å². The molecular formula is C28H49NO. The maximum atomic E-state index is 8.91. The van der Waals surface area contributed by atoms with Crippen molar-refractivity contribution in [2.24, 2.45) is 47.2 Å². The van der Waals surface area contributed by atoms with Gasteiger partial charge in [-0.15, -0.1) is 6.58 Å². The van der Waals surface area contributed by atoms with Crippen molar-refractivity contribution in [1.82, 2.24) is 0 Å². The van der Waals surface area contributed by atoms with Crippen molar-refractivity contribution in [3.8, 4) is 0 Å². The third-order valence-electron chi connectivity index (χ3n) is 10.0. The van der Waals surface area contributed by atoms with Crippen LogP contribution in [0.3, 0.4) is 0 Å². The van der Waals surface area contributed by atoms with E-state index in [1.807, 2.05) is 0 Å². The predicted molar refractivity (Wildman–Crippen MR) is 127 cm³/mol. The van der Waals surface area contributed by atoms with E-state index in [-0.39, 0.29) is 6.10 Å². The van der Waals surface area contributed by atoms with Gasteiger partial charge in [-0.1, -0.05) is 51.0 Å².